The summed E-state index contributed by atoms with van der Waals surface area (Å²) in [6.07, 6.45) is 1.23. The summed E-state index contributed by atoms with van der Waals surface area (Å²) in [6, 6.07) is 24.4. The van der Waals surface area contributed by atoms with E-state index in [1.54, 1.807) is 6.07 Å². The van der Waals surface area contributed by atoms with Gasteiger partial charge in [-0.2, -0.15) is 0 Å². The summed E-state index contributed by atoms with van der Waals surface area (Å²) in [5.41, 5.74) is 1.61. The van der Waals surface area contributed by atoms with Crippen LogP contribution in [0.5, 0.6) is 5.75 Å². The van der Waals surface area contributed by atoms with Crippen molar-refractivity contribution in [3.05, 3.63) is 100 Å². The minimum atomic E-state index is -0.481. The number of phenols is 1. The van der Waals surface area contributed by atoms with E-state index in [1.165, 1.54) is 11.3 Å². The molecule has 5 rings (SSSR count). The summed E-state index contributed by atoms with van der Waals surface area (Å²) in [7, 11) is 0. The first kappa shape index (κ1) is 22.2. The van der Waals surface area contributed by atoms with Crippen molar-refractivity contribution >= 4 is 33.9 Å². The standard InChI is InChI=1S/C28H26N2O3S/c31-23-13-12-19-7-4-5-10-22(19)25(23)26(20-8-2-1-3-9-20)29-27(32)21-14-16-30(17-15-21)28(33)24-11-6-18-34-24/h1-13,18,21,26,31H,14-17H2,(H,29,32). The van der Waals surface area contributed by atoms with Gasteiger partial charge >= 0.3 is 0 Å². The van der Waals surface area contributed by atoms with Gasteiger partial charge in [0.15, 0.2) is 0 Å². The number of hydrogen-bond acceptors (Lipinski definition) is 4. The molecule has 1 atom stereocenters. The molecule has 2 amide bonds. The topological polar surface area (TPSA) is 69.6 Å². The van der Waals surface area contributed by atoms with Crippen molar-refractivity contribution in [3.63, 3.8) is 0 Å². The number of phenolic OH excluding ortho intramolecular Hbond substituents is 1. The van der Waals surface area contributed by atoms with Gasteiger partial charge in [0.05, 0.1) is 10.9 Å². The Morgan fingerprint density at radius 1 is 0.912 bits per heavy atom. The molecule has 1 aliphatic rings. The second-order valence-corrected chi connectivity index (χ2v) is 9.56. The molecular weight excluding hydrogens is 444 g/mol. The van der Waals surface area contributed by atoms with Crippen LogP contribution in [0.25, 0.3) is 10.8 Å². The number of carbonyl (C=O) groups excluding carboxylic acids is 2. The van der Waals surface area contributed by atoms with E-state index in [4.69, 9.17) is 0 Å². The lowest BCUT2D eigenvalue weighted by Crippen LogP contribution is -2.43. The maximum atomic E-state index is 13.4. The van der Waals surface area contributed by atoms with Gasteiger partial charge in [0.25, 0.3) is 5.91 Å². The number of thiophene rings is 1. The number of rotatable bonds is 5. The second-order valence-electron chi connectivity index (χ2n) is 8.62. The molecule has 1 aromatic heterocycles. The van der Waals surface area contributed by atoms with Crippen molar-refractivity contribution in [3.8, 4) is 5.75 Å². The SMILES string of the molecule is O=C(NC(c1ccccc1)c1c(O)ccc2ccccc12)C1CCN(C(=O)c2cccs2)CC1. The molecule has 3 aromatic carbocycles. The zero-order chi connectivity index (χ0) is 23.5. The molecule has 0 radical (unpaired) electrons. The highest BCUT2D eigenvalue weighted by atomic mass is 32.1. The van der Waals surface area contributed by atoms with Crippen molar-refractivity contribution in [2.75, 3.05) is 13.1 Å². The average Bonchev–Trinajstić information content (AvgIpc) is 3.43. The molecule has 0 aliphatic carbocycles. The van der Waals surface area contributed by atoms with Crippen molar-refractivity contribution in [2.24, 2.45) is 5.92 Å². The Morgan fingerprint density at radius 3 is 2.38 bits per heavy atom. The minimum Gasteiger partial charge on any atom is -0.508 e. The van der Waals surface area contributed by atoms with Crippen LogP contribution in [0.4, 0.5) is 0 Å². The fourth-order valence-corrected chi connectivity index (χ4v) is 5.41. The highest BCUT2D eigenvalue weighted by Crippen LogP contribution is 2.36. The third-order valence-electron chi connectivity index (χ3n) is 6.54. The van der Waals surface area contributed by atoms with E-state index in [0.717, 1.165) is 21.2 Å². The molecule has 0 bridgehead atoms. The Kier molecular flexibility index (Phi) is 6.32. The molecule has 6 heteroatoms. The van der Waals surface area contributed by atoms with Crippen LogP contribution in [0.1, 0.15) is 39.7 Å². The van der Waals surface area contributed by atoms with Gasteiger partial charge < -0.3 is 15.3 Å². The van der Waals surface area contributed by atoms with Crippen molar-refractivity contribution in [1.82, 2.24) is 10.2 Å². The maximum absolute atomic E-state index is 13.4. The first-order valence-electron chi connectivity index (χ1n) is 11.5. The fraction of sp³-hybridized carbons (Fsp3) is 0.214. The van der Waals surface area contributed by atoms with Crippen molar-refractivity contribution in [1.29, 1.82) is 0 Å². The lowest BCUT2D eigenvalue weighted by atomic mass is 9.90. The van der Waals surface area contributed by atoms with Crippen LogP contribution >= 0.6 is 11.3 Å². The van der Waals surface area contributed by atoms with E-state index in [1.807, 2.05) is 83.1 Å². The largest absolute Gasteiger partial charge is 0.508 e. The number of carbonyl (C=O) groups is 2. The molecule has 4 aromatic rings. The highest BCUT2D eigenvalue weighted by molar-refractivity contribution is 7.12. The van der Waals surface area contributed by atoms with Crippen LogP contribution < -0.4 is 5.32 Å². The molecule has 1 unspecified atom stereocenters. The van der Waals surface area contributed by atoms with Crippen LogP contribution in [0.3, 0.4) is 0 Å². The van der Waals surface area contributed by atoms with Crippen molar-refractivity contribution in [2.45, 2.75) is 18.9 Å². The predicted molar refractivity (Wildman–Crippen MR) is 135 cm³/mol. The number of fused-ring (bicyclic) bond motifs is 1. The van der Waals surface area contributed by atoms with Gasteiger partial charge in [-0.25, -0.2) is 0 Å². The molecule has 2 heterocycles. The average molecular weight is 471 g/mol. The molecule has 172 valence electrons. The molecule has 34 heavy (non-hydrogen) atoms. The zero-order valence-corrected chi connectivity index (χ0v) is 19.5. The van der Waals surface area contributed by atoms with E-state index in [2.05, 4.69) is 5.32 Å². The summed E-state index contributed by atoms with van der Waals surface area (Å²) >= 11 is 1.44. The molecule has 2 N–H and O–H groups in total. The summed E-state index contributed by atoms with van der Waals surface area (Å²) in [5, 5.41) is 17.9. The van der Waals surface area contributed by atoms with E-state index in [9.17, 15) is 14.7 Å². The monoisotopic (exact) mass is 470 g/mol. The minimum absolute atomic E-state index is 0.0386. The Labute approximate surface area is 202 Å². The zero-order valence-electron chi connectivity index (χ0n) is 18.7. The maximum Gasteiger partial charge on any atom is 0.263 e. The number of nitrogens with zero attached hydrogens (tertiary/aromatic N) is 1. The highest BCUT2D eigenvalue weighted by Gasteiger charge is 2.31. The van der Waals surface area contributed by atoms with E-state index in [0.29, 0.717) is 31.5 Å². The molecular formula is C28H26N2O3S. The van der Waals surface area contributed by atoms with E-state index >= 15 is 0 Å². The number of amides is 2. The lowest BCUT2D eigenvalue weighted by molar-refractivity contribution is -0.126. The van der Waals surface area contributed by atoms with Gasteiger partial charge in [0.1, 0.15) is 5.75 Å². The summed E-state index contributed by atoms with van der Waals surface area (Å²) in [4.78, 5) is 28.6. The second kappa shape index (κ2) is 9.69. The number of aromatic hydroxyl groups is 1. The summed E-state index contributed by atoms with van der Waals surface area (Å²) in [5.74, 6) is -0.0407. The van der Waals surface area contributed by atoms with Crippen LogP contribution in [0.15, 0.2) is 84.2 Å². The molecule has 5 nitrogen and oxygen atoms in total. The van der Waals surface area contributed by atoms with Crippen LogP contribution in [-0.2, 0) is 4.79 Å². The molecule has 1 fully saturated rings. The lowest BCUT2D eigenvalue weighted by Gasteiger charge is -2.32. The van der Waals surface area contributed by atoms with Crippen LogP contribution in [0, 0.1) is 5.92 Å². The third kappa shape index (κ3) is 4.41. The summed E-state index contributed by atoms with van der Waals surface area (Å²) < 4.78 is 0. The fourth-order valence-electron chi connectivity index (χ4n) is 4.72. The van der Waals surface area contributed by atoms with Gasteiger partial charge in [-0.1, -0.05) is 66.7 Å². The number of nitrogens with one attached hydrogen (secondary N) is 1. The molecule has 0 saturated carbocycles. The smallest absolute Gasteiger partial charge is 0.263 e. The number of hydrogen-bond donors (Lipinski definition) is 2. The summed E-state index contributed by atoms with van der Waals surface area (Å²) in [6.45, 7) is 1.12. The molecule has 1 aliphatic heterocycles. The first-order valence-corrected chi connectivity index (χ1v) is 12.4. The van der Waals surface area contributed by atoms with E-state index in [-0.39, 0.29) is 23.5 Å². The number of likely N-dealkylation sites (tertiary alicyclic amines) is 1. The van der Waals surface area contributed by atoms with E-state index < -0.39 is 6.04 Å². The Hall–Kier alpha value is -3.64. The predicted octanol–water partition coefficient (Wildman–Crippen LogP) is 5.36. The number of benzene rings is 3. The Balaban J connectivity index is 1.38. The number of piperidine rings is 1. The molecule has 0 spiro atoms. The van der Waals surface area contributed by atoms with Crippen molar-refractivity contribution < 1.29 is 14.7 Å². The normalized spacial score (nSPS) is 15.2. The van der Waals surface area contributed by atoms with Gasteiger partial charge in [-0.15, -0.1) is 11.3 Å². The first-order chi connectivity index (χ1) is 16.6. The van der Waals surface area contributed by atoms with Crippen LogP contribution in [0.2, 0.25) is 0 Å². The Morgan fingerprint density at radius 2 is 1.65 bits per heavy atom. The third-order valence-corrected chi connectivity index (χ3v) is 7.40. The van der Waals surface area contributed by atoms with Gasteiger partial charge in [0.2, 0.25) is 5.91 Å². The van der Waals surface area contributed by atoms with Gasteiger partial charge in [-0.05, 0) is 46.7 Å². The Bertz CT molecular complexity index is 1300. The quantitative estimate of drug-likeness (QED) is 0.412. The van der Waals surface area contributed by atoms with Crippen LogP contribution in [-0.4, -0.2) is 34.9 Å². The molecule has 1 saturated heterocycles. The van der Waals surface area contributed by atoms with Gasteiger partial charge in [0, 0.05) is 24.6 Å². The van der Waals surface area contributed by atoms with Gasteiger partial charge in [-0.3, -0.25) is 9.59 Å².